The van der Waals surface area contributed by atoms with Gasteiger partial charge in [0.15, 0.2) is 5.82 Å². The van der Waals surface area contributed by atoms with Gasteiger partial charge >= 0.3 is 0 Å². The largest absolute Gasteiger partial charge is 0.323 e. The molecule has 2 heterocycles. The summed E-state index contributed by atoms with van der Waals surface area (Å²) in [4.78, 5) is 16.5. The van der Waals surface area contributed by atoms with Crippen molar-refractivity contribution in [2.24, 2.45) is 0 Å². The SMILES string of the molecule is O=C(CCc1ccc(Cl)cc1)Nc1cccnc1-n1cccn1. The predicted octanol–water partition coefficient (Wildman–Crippen LogP) is 3.49. The van der Waals surface area contributed by atoms with E-state index in [4.69, 9.17) is 11.6 Å². The molecular formula is C17H15ClN4O. The summed E-state index contributed by atoms with van der Waals surface area (Å²) in [5.41, 5.74) is 1.71. The first-order valence-corrected chi connectivity index (χ1v) is 7.59. The first-order chi connectivity index (χ1) is 11.2. The molecule has 1 amide bonds. The van der Waals surface area contributed by atoms with Crippen LogP contribution in [0, 0.1) is 0 Å². The summed E-state index contributed by atoms with van der Waals surface area (Å²) in [6.45, 7) is 0. The lowest BCUT2D eigenvalue weighted by atomic mass is 10.1. The lowest BCUT2D eigenvalue weighted by Gasteiger charge is -2.10. The molecule has 6 heteroatoms. The molecule has 0 aliphatic heterocycles. The van der Waals surface area contributed by atoms with Crippen LogP contribution in [0.25, 0.3) is 5.82 Å². The Bertz CT molecular complexity index is 785. The number of nitrogens with zero attached hydrogens (tertiary/aromatic N) is 3. The van der Waals surface area contributed by atoms with Crippen molar-refractivity contribution in [3.63, 3.8) is 0 Å². The second kappa shape index (κ2) is 7.07. The highest BCUT2D eigenvalue weighted by Crippen LogP contribution is 2.17. The molecule has 0 saturated heterocycles. The van der Waals surface area contributed by atoms with Gasteiger partial charge in [0.2, 0.25) is 5.91 Å². The number of aromatic nitrogens is 3. The Balaban J connectivity index is 1.65. The number of hydrogen-bond donors (Lipinski definition) is 1. The number of amides is 1. The molecule has 23 heavy (non-hydrogen) atoms. The number of rotatable bonds is 5. The van der Waals surface area contributed by atoms with Crippen molar-refractivity contribution >= 4 is 23.2 Å². The van der Waals surface area contributed by atoms with Gasteiger partial charge in [-0.2, -0.15) is 5.10 Å². The fraction of sp³-hybridized carbons (Fsp3) is 0.118. The second-order valence-corrected chi connectivity index (χ2v) is 5.44. The van der Waals surface area contributed by atoms with Gasteiger partial charge in [-0.05, 0) is 42.3 Å². The lowest BCUT2D eigenvalue weighted by Crippen LogP contribution is -2.15. The minimum absolute atomic E-state index is 0.0682. The number of nitrogens with one attached hydrogen (secondary N) is 1. The van der Waals surface area contributed by atoms with Gasteiger partial charge in [-0.1, -0.05) is 23.7 Å². The molecule has 0 spiro atoms. The van der Waals surface area contributed by atoms with E-state index in [-0.39, 0.29) is 5.91 Å². The third-order valence-corrected chi connectivity index (χ3v) is 3.59. The molecule has 0 aliphatic carbocycles. The maximum Gasteiger partial charge on any atom is 0.224 e. The van der Waals surface area contributed by atoms with Crippen LogP contribution in [-0.4, -0.2) is 20.7 Å². The summed E-state index contributed by atoms with van der Waals surface area (Å²) in [7, 11) is 0. The molecule has 2 aromatic heterocycles. The number of benzene rings is 1. The summed E-state index contributed by atoms with van der Waals surface area (Å²) in [6.07, 6.45) is 6.16. The second-order valence-electron chi connectivity index (χ2n) is 5.00. The Morgan fingerprint density at radius 3 is 2.70 bits per heavy atom. The first kappa shape index (κ1) is 15.2. The van der Waals surface area contributed by atoms with Gasteiger partial charge < -0.3 is 5.32 Å². The van der Waals surface area contributed by atoms with Crippen LogP contribution in [-0.2, 0) is 11.2 Å². The van der Waals surface area contributed by atoms with Gasteiger partial charge in [-0.15, -0.1) is 0 Å². The average Bonchev–Trinajstić information content (AvgIpc) is 3.09. The summed E-state index contributed by atoms with van der Waals surface area (Å²) in [5, 5.41) is 7.73. The van der Waals surface area contributed by atoms with Crippen molar-refractivity contribution in [3.05, 3.63) is 71.6 Å². The summed E-state index contributed by atoms with van der Waals surface area (Å²) in [6, 6.07) is 12.9. The zero-order valence-corrected chi connectivity index (χ0v) is 13.1. The van der Waals surface area contributed by atoms with Crippen LogP contribution in [0.4, 0.5) is 5.69 Å². The van der Waals surface area contributed by atoms with E-state index in [2.05, 4.69) is 15.4 Å². The van der Waals surface area contributed by atoms with Crippen LogP contribution in [0.15, 0.2) is 61.1 Å². The fourth-order valence-electron chi connectivity index (χ4n) is 2.19. The van der Waals surface area contributed by atoms with Gasteiger partial charge in [0.25, 0.3) is 0 Å². The first-order valence-electron chi connectivity index (χ1n) is 7.22. The molecule has 1 aromatic carbocycles. The van der Waals surface area contributed by atoms with Crippen LogP contribution in [0.5, 0.6) is 0 Å². The van der Waals surface area contributed by atoms with E-state index in [1.807, 2.05) is 30.3 Å². The molecule has 0 aliphatic rings. The monoisotopic (exact) mass is 326 g/mol. The predicted molar refractivity (Wildman–Crippen MR) is 89.8 cm³/mol. The third kappa shape index (κ3) is 3.96. The Morgan fingerprint density at radius 2 is 1.96 bits per heavy atom. The number of anilines is 1. The standard InChI is InChI=1S/C17H15ClN4O/c18-14-7-4-13(5-8-14)6-9-16(23)21-15-3-1-10-19-17(15)22-12-2-11-20-22/h1-5,7-8,10-12H,6,9H2,(H,21,23). The zero-order valence-electron chi connectivity index (χ0n) is 12.3. The molecule has 116 valence electrons. The van der Waals surface area contributed by atoms with E-state index in [0.717, 1.165) is 5.56 Å². The lowest BCUT2D eigenvalue weighted by molar-refractivity contribution is -0.116. The van der Waals surface area contributed by atoms with Crippen LogP contribution in [0.3, 0.4) is 0 Å². The molecule has 0 unspecified atom stereocenters. The van der Waals surface area contributed by atoms with E-state index in [1.54, 1.807) is 35.4 Å². The quantitative estimate of drug-likeness (QED) is 0.780. The van der Waals surface area contributed by atoms with Gasteiger partial charge in [0.05, 0.1) is 5.69 Å². The van der Waals surface area contributed by atoms with Crippen LogP contribution in [0.2, 0.25) is 5.02 Å². The Hall–Kier alpha value is -2.66. The highest BCUT2D eigenvalue weighted by Gasteiger charge is 2.09. The highest BCUT2D eigenvalue weighted by atomic mass is 35.5. The van der Waals surface area contributed by atoms with Gasteiger partial charge in [-0.3, -0.25) is 4.79 Å². The van der Waals surface area contributed by atoms with E-state index in [1.165, 1.54) is 0 Å². The van der Waals surface area contributed by atoms with E-state index < -0.39 is 0 Å². The summed E-state index contributed by atoms with van der Waals surface area (Å²) >= 11 is 5.85. The fourth-order valence-corrected chi connectivity index (χ4v) is 2.32. The van der Waals surface area contributed by atoms with Crippen LogP contribution in [0.1, 0.15) is 12.0 Å². The molecule has 3 rings (SSSR count). The molecule has 0 fully saturated rings. The third-order valence-electron chi connectivity index (χ3n) is 3.34. The number of aryl methyl sites for hydroxylation is 1. The molecule has 5 nitrogen and oxygen atoms in total. The van der Waals surface area contributed by atoms with Gasteiger partial charge in [0.1, 0.15) is 0 Å². The minimum Gasteiger partial charge on any atom is -0.323 e. The average molecular weight is 327 g/mol. The van der Waals surface area contributed by atoms with E-state index >= 15 is 0 Å². The van der Waals surface area contributed by atoms with Gasteiger partial charge in [0, 0.05) is 30.0 Å². The maximum absolute atomic E-state index is 12.2. The molecule has 0 bridgehead atoms. The summed E-state index contributed by atoms with van der Waals surface area (Å²) < 4.78 is 1.62. The van der Waals surface area contributed by atoms with Gasteiger partial charge in [-0.25, -0.2) is 9.67 Å². The van der Waals surface area contributed by atoms with E-state index in [9.17, 15) is 4.79 Å². The smallest absolute Gasteiger partial charge is 0.224 e. The van der Waals surface area contributed by atoms with Crippen molar-refractivity contribution in [2.75, 3.05) is 5.32 Å². The molecule has 0 atom stereocenters. The van der Waals surface area contributed by atoms with Crippen molar-refractivity contribution in [3.8, 4) is 5.82 Å². The van der Waals surface area contributed by atoms with Crippen molar-refractivity contribution in [2.45, 2.75) is 12.8 Å². The van der Waals surface area contributed by atoms with Crippen molar-refractivity contribution in [1.29, 1.82) is 0 Å². The molecule has 3 aromatic rings. The Kier molecular flexibility index (Phi) is 4.68. The van der Waals surface area contributed by atoms with E-state index in [0.29, 0.717) is 29.4 Å². The number of hydrogen-bond acceptors (Lipinski definition) is 3. The maximum atomic E-state index is 12.2. The summed E-state index contributed by atoms with van der Waals surface area (Å²) in [5.74, 6) is 0.527. The minimum atomic E-state index is -0.0682. The topological polar surface area (TPSA) is 59.8 Å². The van der Waals surface area contributed by atoms with Crippen molar-refractivity contribution < 1.29 is 4.79 Å². The highest BCUT2D eigenvalue weighted by molar-refractivity contribution is 6.30. The molecule has 0 saturated carbocycles. The molecular weight excluding hydrogens is 312 g/mol. The number of halogens is 1. The number of pyridine rings is 1. The van der Waals surface area contributed by atoms with Crippen LogP contribution < -0.4 is 5.32 Å². The number of carbonyl (C=O) groups is 1. The molecule has 1 N–H and O–H groups in total. The zero-order chi connectivity index (χ0) is 16.1. The van der Waals surface area contributed by atoms with Crippen molar-refractivity contribution in [1.82, 2.24) is 14.8 Å². The Labute approximate surface area is 138 Å². The Morgan fingerprint density at radius 1 is 1.13 bits per heavy atom. The number of carbonyl (C=O) groups excluding carboxylic acids is 1. The normalized spacial score (nSPS) is 10.5. The molecule has 0 radical (unpaired) electrons. The van der Waals surface area contributed by atoms with Crippen LogP contribution >= 0.6 is 11.6 Å².